The third-order valence-corrected chi connectivity index (χ3v) is 7.27. The number of hydrogen-bond acceptors (Lipinski definition) is 7. The molecule has 0 bridgehead atoms. The maximum Gasteiger partial charge on any atom is 0.252 e. The minimum atomic E-state index is -1.26. The number of nitro groups is 1. The molecule has 4 heterocycles. The fourth-order valence-corrected chi connectivity index (χ4v) is 6.17. The molecule has 4 aliphatic heterocycles. The summed E-state index contributed by atoms with van der Waals surface area (Å²) in [5.74, 6) is 0.154. The molecular weight excluding hydrogens is 402 g/mol. The monoisotopic (exact) mass is 423 g/mol. The SMILES string of the molecule is CN1C(=O)[C@]2(c3ccccc31)[C@@H](c1ccc3c(c1)OCO3)[C@H]([N+](=O)[O-])[C@@H]1C[C@@H](O)CN12. The molecule has 2 fully saturated rings. The van der Waals surface area contributed by atoms with E-state index in [4.69, 9.17) is 9.47 Å². The number of benzene rings is 2. The summed E-state index contributed by atoms with van der Waals surface area (Å²) in [5, 5.41) is 22.9. The van der Waals surface area contributed by atoms with E-state index in [-0.39, 0.29) is 30.6 Å². The first-order valence-electron chi connectivity index (χ1n) is 10.3. The van der Waals surface area contributed by atoms with Gasteiger partial charge in [-0.1, -0.05) is 24.3 Å². The number of carbonyl (C=O) groups excluding carboxylic acids is 1. The molecule has 2 saturated heterocycles. The number of rotatable bonds is 2. The molecule has 0 radical (unpaired) electrons. The summed E-state index contributed by atoms with van der Waals surface area (Å²) in [6.07, 6.45) is -0.457. The second-order valence-electron chi connectivity index (χ2n) is 8.62. The fourth-order valence-electron chi connectivity index (χ4n) is 6.17. The van der Waals surface area contributed by atoms with Crippen molar-refractivity contribution in [1.82, 2.24) is 4.90 Å². The summed E-state index contributed by atoms with van der Waals surface area (Å²) < 4.78 is 10.9. The van der Waals surface area contributed by atoms with Crippen molar-refractivity contribution in [1.29, 1.82) is 0 Å². The Morgan fingerprint density at radius 2 is 1.97 bits per heavy atom. The molecule has 1 amide bonds. The first-order chi connectivity index (χ1) is 14.9. The number of aliphatic hydroxyl groups is 1. The van der Waals surface area contributed by atoms with Gasteiger partial charge in [0.05, 0.1) is 18.1 Å². The van der Waals surface area contributed by atoms with Crippen LogP contribution in [0.15, 0.2) is 42.5 Å². The molecule has 2 aromatic carbocycles. The lowest BCUT2D eigenvalue weighted by Gasteiger charge is -2.37. The van der Waals surface area contributed by atoms with Gasteiger partial charge < -0.3 is 19.5 Å². The minimum absolute atomic E-state index is 0.0959. The first kappa shape index (κ1) is 18.6. The van der Waals surface area contributed by atoms with Crippen molar-refractivity contribution in [2.24, 2.45) is 0 Å². The van der Waals surface area contributed by atoms with Gasteiger partial charge >= 0.3 is 0 Å². The van der Waals surface area contributed by atoms with Crippen molar-refractivity contribution in [3.63, 3.8) is 0 Å². The number of nitrogens with zero attached hydrogens (tertiary/aromatic N) is 3. The Labute approximate surface area is 177 Å². The van der Waals surface area contributed by atoms with Gasteiger partial charge in [-0.2, -0.15) is 0 Å². The molecule has 9 nitrogen and oxygen atoms in total. The lowest BCUT2D eigenvalue weighted by Crippen LogP contribution is -2.52. The Morgan fingerprint density at radius 1 is 1.19 bits per heavy atom. The molecular formula is C22H21N3O6. The zero-order valence-electron chi connectivity index (χ0n) is 16.8. The zero-order chi connectivity index (χ0) is 21.5. The van der Waals surface area contributed by atoms with Crippen molar-refractivity contribution >= 4 is 11.6 Å². The van der Waals surface area contributed by atoms with Gasteiger partial charge in [0.2, 0.25) is 12.8 Å². The minimum Gasteiger partial charge on any atom is -0.454 e. The molecule has 0 unspecified atom stereocenters. The highest BCUT2D eigenvalue weighted by Gasteiger charge is 2.73. The van der Waals surface area contributed by atoms with Crippen molar-refractivity contribution in [2.75, 3.05) is 25.3 Å². The lowest BCUT2D eigenvalue weighted by atomic mass is 9.73. The van der Waals surface area contributed by atoms with Crippen LogP contribution in [0.1, 0.15) is 23.5 Å². The van der Waals surface area contributed by atoms with E-state index in [1.165, 1.54) is 0 Å². The topological polar surface area (TPSA) is 105 Å². The van der Waals surface area contributed by atoms with Crippen LogP contribution >= 0.6 is 0 Å². The molecule has 0 saturated carbocycles. The summed E-state index contributed by atoms with van der Waals surface area (Å²) in [6.45, 7) is 0.308. The zero-order valence-corrected chi connectivity index (χ0v) is 16.8. The second kappa shape index (κ2) is 6.18. The summed E-state index contributed by atoms with van der Waals surface area (Å²) >= 11 is 0. The van der Waals surface area contributed by atoms with Gasteiger partial charge in [0, 0.05) is 29.8 Å². The number of likely N-dealkylation sites (N-methyl/N-ethyl adjacent to an activating group) is 1. The van der Waals surface area contributed by atoms with Crippen molar-refractivity contribution in [3.05, 3.63) is 63.7 Å². The molecule has 6 rings (SSSR count). The number of ether oxygens (including phenoxy) is 2. The van der Waals surface area contributed by atoms with Crippen LogP contribution in [0.2, 0.25) is 0 Å². The first-order valence-corrected chi connectivity index (χ1v) is 10.3. The van der Waals surface area contributed by atoms with E-state index < -0.39 is 29.6 Å². The largest absolute Gasteiger partial charge is 0.454 e. The number of hydrogen-bond donors (Lipinski definition) is 1. The maximum absolute atomic E-state index is 13.9. The average Bonchev–Trinajstić information content (AvgIpc) is 3.48. The number of amides is 1. The van der Waals surface area contributed by atoms with Crippen LogP contribution in [0.4, 0.5) is 5.69 Å². The van der Waals surface area contributed by atoms with Crippen LogP contribution in [-0.4, -0.2) is 59.4 Å². The van der Waals surface area contributed by atoms with E-state index in [0.717, 1.165) is 11.3 Å². The summed E-state index contributed by atoms with van der Waals surface area (Å²) in [4.78, 5) is 29.5. The third kappa shape index (κ3) is 2.19. The van der Waals surface area contributed by atoms with Gasteiger partial charge in [0.15, 0.2) is 11.5 Å². The highest BCUT2D eigenvalue weighted by Crippen LogP contribution is 2.61. The Morgan fingerprint density at radius 3 is 2.77 bits per heavy atom. The predicted octanol–water partition coefficient (Wildman–Crippen LogP) is 1.46. The number of aliphatic hydroxyl groups excluding tert-OH is 1. The molecule has 160 valence electrons. The highest BCUT2D eigenvalue weighted by molar-refractivity contribution is 6.08. The van der Waals surface area contributed by atoms with Gasteiger partial charge in [-0.05, 0) is 30.2 Å². The molecule has 0 aliphatic carbocycles. The van der Waals surface area contributed by atoms with Crippen LogP contribution < -0.4 is 14.4 Å². The molecule has 5 atom stereocenters. The van der Waals surface area contributed by atoms with Gasteiger partial charge in [-0.15, -0.1) is 0 Å². The number of para-hydroxylation sites is 1. The van der Waals surface area contributed by atoms with Crippen molar-refractivity contribution in [2.45, 2.75) is 36.1 Å². The summed E-state index contributed by atoms with van der Waals surface area (Å²) in [7, 11) is 1.70. The van der Waals surface area contributed by atoms with Crippen molar-refractivity contribution < 1.29 is 24.3 Å². The Balaban J connectivity index is 1.64. The molecule has 2 aromatic rings. The van der Waals surface area contributed by atoms with Gasteiger partial charge in [-0.3, -0.25) is 19.8 Å². The van der Waals surface area contributed by atoms with Crippen LogP contribution in [0, 0.1) is 10.1 Å². The third-order valence-electron chi connectivity index (χ3n) is 7.27. The number of carbonyl (C=O) groups is 1. The summed E-state index contributed by atoms with van der Waals surface area (Å²) in [5.41, 5.74) is 0.878. The quantitative estimate of drug-likeness (QED) is 0.576. The predicted molar refractivity (Wildman–Crippen MR) is 109 cm³/mol. The molecule has 1 spiro atoms. The smallest absolute Gasteiger partial charge is 0.252 e. The highest BCUT2D eigenvalue weighted by atomic mass is 16.7. The van der Waals surface area contributed by atoms with Gasteiger partial charge in [0.25, 0.3) is 5.91 Å². The Bertz CT molecular complexity index is 1120. The normalized spacial score (nSPS) is 33.2. The molecule has 31 heavy (non-hydrogen) atoms. The van der Waals surface area contributed by atoms with E-state index in [1.54, 1.807) is 30.1 Å². The number of fused-ring (bicyclic) bond motifs is 5. The van der Waals surface area contributed by atoms with E-state index in [1.807, 2.05) is 29.2 Å². The fraction of sp³-hybridized carbons (Fsp3) is 0.409. The molecule has 4 aliphatic rings. The Hall–Kier alpha value is -3.17. The van der Waals surface area contributed by atoms with E-state index in [2.05, 4.69) is 0 Å². The Kier molecular flexibility index (Phi) is 3.70. The van der Waals surface area contributed by atoms with E-state index in [0.29, 0.717) is 17.1 Å². The van der Waals surface area contributed by atoms with Crippen LogP contribution in [-0.2, 0) is 10.3 Å². The molecule has 1 N–H and O–H groups in total. The molecule has 0 aromatic heterocycles. The van der Waals surface area contributed by atoms with E-state index in [9.17, 15) is 20.0 Å². The van der Waals surface area contributed by atoms with Gasteiger partial charge in [-0.25, -0.2) is 0 Å². The second-order valence-corrected chi connectivity index (χ2v) is 8.62. The van der Waals surface area contributed by atoms with Gasteiger partial charge in [0.1, 0.15) is 5.54 Å². The van der Waals surface area contributed by atoms with Crippen LogP contribution in [0.3, 0.4) is 0 Å². The average molecular weight is 423 g/mol. The molecule has 9 heteroatoms. The maximum atomic E-state index is 13.9. The van der Waals surface area contributed by atoms with Crippen LogP contribution in [0.5, 0.6) is 11.5 Å². The van der Waals surface area contributed by atoms with Crippen molar-refractivity contribution in [3.8, 4) is 11.5 Å². The summed E-state index contributed by atoms with van der Waals surface area (Å²) in [6, 6.07) is 11.1. The van der Waals surface area contributed by atoms with E-state index >= 15 is 0 Å². The number of anilines is 1. The standard InChI is InChI=1S/C22H21N3O6/c1-23-15-5-3-2-4-14(15)22(21(23)27)19(12-6-7-17-18(8-12)31-11-30-17)20(25(28)29)16-9-13(26)10-24(16)22/h2-8,13,16,19-20,26H,9-11H2,1H3/t13-,16+,19+,20-,22+/m1/s1. The lowest BCUT2D eigenvalue weighted by molar-refractivity contribution is -0.527. The van der Waals surface area contributed by atoms with Crippen LogP contribution in [0.25, 0.3) is 0 Å².